The van der Waals surface area contributed by atoms with E-state index in [0.29, 0.717) is 18.7 Å². The van der Waals surface area contributed by atoms with E-state index in [0.717, 1.165) is 12.1 Å². The van der Waals surface area contributed by atoms with Crippen molar-refractivity contribution in [3.05, 3.63) is 35.4 Å². The molecule has 2 saturated heterocycles. The molecule has 31 heavy (non-hydrogen) atoms. The number of nitrogens with zero attached hydrogens (tertiary/aromatic N) is 3. The van der Waals surface area contributed by atoms with Crippen molar-refractivity contribution in [2.75, 3.05) is 26.2 Å². The van der Waals surface area contributed by atoms with Crippen LogP contribution in [-0.2, 0) is 22.3 Å². The molecule has 3 rings (SSSR count). The summed E-state index contributed by atoms with van der Waals surface area (Å²) < 4.78 is 38.6. The minimum atomic E-state index is -4.45. The Morgan fingerprint density at radius 1 is 1.19 bits per heavy atom. The number of amides is 4. The number of halogens is 3. The zero-order valence-electron chi connectivity index (χ0n) is 17.8. The number of alkyl halides is 3. The highest BCUT2D eigenvalue weighted by Gasteiger charge is 2.57. The fourth-order valence-corrected chi connectivity index (χ4v) is 4.19. The van der Waals surface area contributed by atoms with Crippen LogP contribution >= 0.6 is 0 Å². The van der Waals surface area contributed by atoms with Crippen LogP contribution in [0, 0.1) is 0 Å². The molecule has 1 N–H and O–H groups in total. The molecule has 0 saturated carbocycles. The van der Waals surface area contributed by atoms with Crippen LogP contribution in [0.1, 0.15) is 38.3 Å². The Labute approximate surface area is 179 Å². The molecule has 10 heteroatoms. The number of likely N-dealkylation sites (tertiary alicyclic amines) is 1. The Hall–Kier alpha value is -2.78. The first-order valence-electron chi connectivity index (χ1n) is 10.3. The van der Waals surface area contributed by atoms with Gasteiger partial charge in [-0.25, -0.2) is 4.79 Å². The molecule has 0 aromatic heterocycles. The molecular formula is C21H27F3N4O3. The summed E-state index contributed by atoms with van der Waals surface area (Å²) in [6.07, 6.45) is -4.18. The summed E-state index contributed by atoms with van der Waals surface area (Å²) in [5, 5.41) is 2.71. The molecule has 4 amide bonds. The van der Waals surface area contributed by atoms with Gasteiger partial charge >= 0.3 is 12.2 Å². The Kier molecular flexibility index (Phi) is 6.20. The molecule has 2 heterocycles. The maximum Gasteiger partial charge on any atom is 0.416 e. The molecule has 0 bridgehead atoms. The van der Waals surface area contributed by atoms with Gasteiger partial charge in [-0.15, -0.1) is 0 Å². The number of benzene rings is 1. The molecule has 1 aromatic rings. The summed E-state index contributed by atoms with van der Waals surface area (Å²) in [7, 11) is 0. The van der Waals surface area contributed by atoms with Gasteiger partial charge in [0.15, 0.2) is 0 Å². The zero-order valence-corrected chi connectivity index (χ0v) is 17.8. The van der Waals surface area contributed by atoms with Crippen LogP contribution in [0.5, 0.6) is 0 Å². The van der Waals surface area contributed by atoms with Crippen LogP contribution in [-0.4, -0.2) is 70.3 Å². The van der Waals surface area contributed by atoms with E-state index >= 15 is 0 Å². The lowest BCUT2D eigenvalue weighted by Gasteiger charge is -2.48. The van der Waals surface area contributed by atoms with Crippen LogP contribution in [0.25, 0.3) is 0 Å². The first kappa shape index (κ1) is 22.9. The van der Waals surface area contributed by atoms with Crippen molar-refractivity contribution in [2.24, 2.45) is 0 Å². The second-order valence-electron chi connectivity index (χ2n) is 8.24. The predicted molar refractivity (Wildman–Crippen MR) is 107 cm³/mol. The largest absolute Gasteiger partial charge is 0.416 e. The highest BCUT2D eigenvalue weighted by molar-refractivity contribution is 5.99. The highest BCUT2D eigenvalue weighted by Crippen LogP contribution is 2.36. The third-order valence-electron chi connectivity index (χ3n) is 5.89. The predicted octanol–water partition coefficient (Wildman–Crippen LogP) is 2.46. The van der Waals surface area contributed by atoms with E-state index in [4.69, 9.17) is 0 Å². The molecule has 1 unspecified atom stereocenters. The van der Waals surface area contributed by atoms with Crippen molar-refractivity contribution >= 4 is 17.8 Å². The molecule has 7 nitrogen and oxygen atoms in total. The maximum absolute atomic E-state index is 13.5. The number of hydrogen-bond donors (Lipinski definition) is 1. The minimum Gasteiger partial charge on any atom is -0.338 e. The van der Waals surface area contributed by atoms with Crippen LogP contribution < -0.4 is 5.32 Å². The number of hydrogen-bond acceptors (Lipinski definition) is 3. The van der Waals surface area contributed by atoms with E-state index in [1.807, 2.05) is 13.8 Å². The van der Waals surface area contributed by atoms with Gasteiger partial charge in [0, 0.05) is 25.7 Å². The fourth-order valence-electron chi connectivity index (χ4n) is 4.19. The molecule has 2 aliphatic rings. The molecule has 0 radical (unpaired) electrons. The van der Waals surface area contributed by atoms with E-state index in [1.165, 1.54) is 26.8 Å². The zero-order chi connectivity index (χ0) is 23.0. The number of carbonyl (C=O) groups is 3. The van der Waals surface area contributed by atoms with E-state index in [1.54, 1.807) is 6.92 Å². The van der Waals surface area contributed by atoms with E-state index in [2.05, 4.69) is 5.32 Å². The topological polar surface area (TPSA) is 73.0 Å². The average Bonchev–Trinajstić information content (AvgIpc) is 3.14. The second kappa shape index (κ2) is 8.39. The van der Waals surface area contributed by atoms with Gasteiger partial charge in [0.1, 0.15) is 12.1 Å². The third-order valence-corrected chi connectivity index (χ3v) is 5.89. The molecule has 1 aromatic carbocycles. The summed E-state index contributed by atoms with van der Waals surface area (Å²) >= 11 is 0. The van der Waals surface area contributed by atoms with Gasteiger partial charge in [0.2, 0.25) is 5.91 Å². The monoisotopic (exact) mass is 440 g/mol. The van der Waals surface area contributed by atoms with Gasteiger partial charge in [-0.3, -0.25) is 9.59 Å². The highest BCUT2D eigenvalue weighted by atomic mass is 19.4. The molecule has 1 spiro atoms. The van der Waals surface area contributed by atoms with Crippen LogP contribution in [0.2, 0.25) is 0 Å². The number of rotatable bonds is 4. The van der Waals surface area contributed by atoms with Gasteiger partial charge in [-0.2, -0.15) is 13.2 Å². The number of carbonyl (C=O) groups excluding carboxylic acids is 3. The van der Waals surface area contributed by atoms with E-state index in [9.17, 15) is 27.6 Å². The lowest BCUT2D eigenvalue weighted by molar-refractivity contribution is -0.166. The number of nitrogens with one attached hydrogen (secondary N) is 1. The quantitative estimate of drug-likeness (QED) is 0.782. The van der Waals surface area contributed by atoms with Crippen LogP contribution in [0.15, 0.2) is 24.3 Å². The van der Waals surface area contributed by atoms with Crippen LogP contribution in [0.3, 0.4) is 0 Å². The normalized spacial score (nSPS) is 22.1. The summed E-state index contributed by atoms with van der Waals surface area (Å²) in [5.74, 6) is -0.522. The van der Waals surface area contributed by atoms with Gasteiger partial charge in [0.25, 0.3) is 5.91 Å². The molecule has 0 aliphatic carbocycles. The van der Waals surface area contributed by atoms with Crippen molar-refractivity contribution in [1.82, 2.24) is 20.0 Å². The average molecular weight is 440 g/mol. The SMILES string of the molecule is CCNC(=O)N1CCC2(C1)C(=O)N(C(C)C)CC(=O)N2Cc1ccc(C(F)(F)F)cc1. The van der Waals surface area contributed by atoms with Crippen LogP contribution in [0.4, 0.5) is 18.0 Å². The molecule has 2 aliphatic heterocycles. The first-order chi connectivity index (χ1) is 14.5. The maximum atomic E-state index is 13.5. The summed E-state index contributed by atoms with van der Waals surface area (Å²) in [4.78, 5) is 43.4. The summed E-state index contributed by atoms with van der Waals surface area (Å²) in [6, 6.07) is 4.07. The van der Waals surface area contributed by atoms with Crippen molar-refractivity contribution in [1.29, 1.82) is 0 Å². The third kappa shape index (κ3) is 4.33. The summed E-state index contributed by atoms with van der Waals surface area (Å²) in [5.41, 5.74) is -1.52. The Bertz CT molecular complexity index is 856. The smallest absolute Gasteiger partial charge is 0.338 e. The first-order valence-corrected chi connectivity index (χ1v) is 10.3. The van der Waals surface area contributed by atoms with Gasteiger partial charge in [-0.05, 0) is 44.9 Å². The number of urea groups is 1. The minimum absolute atomic E-state index is 0.00210. The van der Waals surface area contributed by atoms with Crippen molar-refractivity contribution in [3.63, 3.8) is 0 Å². The molecule has 170 valence electrons. The van der Waals surface area contributed by atoms with Gasteiger partial charge < -0.3 is 20.0 Å². The van der Waals surface area contributed by atoms with Gasteiger partial charge in [0.05, 0.1) is 12.1 Å². The molecular weight excluding hydrogens is 413 g/mol. The Balaban J connectivity index is 1.92. The molecule has 1 atom stereocenters. The van der Waals surface area contributed by atoms with E-state index < -0.39 is 17.3 Å². The Morgan fingerprint density at radius 3 is 2.39 bits per heavy atom. The molecule has 2 fully saturated rings. The Morgan fingerprint density at radius 2 is 1.84 bits per heavy atom. The van der Waals surface area contributed by atoms with Crippen molar-refractivity contribution < 1.29 is 27.6 Å². The number of piperazine rings is 1. The lowest BCUT2D eigenvalue weighted by atomic mass is 9.89. The lowest BCUT2D eigenvalue weighted by Crippen LogP contribution is -2.70. The van der Waals surface area contributed by atoms with Crippen molar-refractivity contribution in [2.45, 2.75) is 51.5 Å². The van der Waals surface area contributed by atoms with Gasteiger partial charge in [-0.1, -0.05) is 12.1 Å². The van der Waals surface area contributed by atoms with Crippen molar-refractivity contribution in [3.8, 4) is 0 Å². The fraction of sp³-hybridized carbons (Fsp3) is 0.571. The summed E-state index contributed by atoms with van der Waals surface area (Å²) in [6.45, 7) is 6.12. The second-order valence-corrected chi connectivity index (χ2v) is 8.24. The van der Waals surface area contributed by atoms with E-state index in [-0.39, 0.29) is 49.9 Å². The standard InChI is InChI=1S/C21H27F3N4O3/c1-4-25-19(31)26-10-9-20(13-26)18(30)27(14(2)3)12-17(29)28(20)11-15-5-7-16(8-6-15)21(22,23)24/h5-8,14H,4,9-13H2,1-3H3,(H,25,31).